The van der Waals surface area contributed by atoms with Crippen LogP contribution in [0.25, 0.3) is 0 Å². The number of anilines is 1. The van der Waals surface area contributed by atoms with Gasteiger partial charge in [0.05, 0.1) is 11.1 Å². The van der Waals surface area contributed by atoms with Crippen molar-refractivity contribution in [3.63, 3.8) is 0 Å². The number of carbonyl (C=O) groups is 1. The highest BCUT2D eigenvalue weighted by atomic mass is 16.7. The summed E-state index contributed by atoms with van der Waals surface area (Å²) >= 11 is 0. The second-order valence-electron chi connectivity index (χ2n) is 4.10. The third-order valence-corrected chi connectivity index (χ3v) is 2.57. The van der Waals surface area contributed by atoms with Crippen molar-refractivity contribution in [2.24, 2.45) is 5.16 Å². The third-order valence-electron chi connectivity index (χ3n) is 2.57. The lowest BCUT2D eigenvalue weighted by atomic mass is 10.2. The Morgan fingerprint density at radius 3 is 2.68 bits per heavy atom. The van der Waals surface area contributed by atoms with Crippen molar-refractivity contribution in [3.8, 4) is 5.75 Å². The number of nitrogens with zero attached hydrogens (tertiary/aromatic N) is 2. The minimum absolute atomic E-state index is 0.0571. The number of hydrogen-bond donors (Lipinski definition) is 2. The maximum Gasteiger partial charge on any atom is 0.437 e. The van der Waals surface area contributed by atoms with Gasteiger partial charge in [-0.05, 0) is 18.2 Å². The standard InChI is InChI=1S/C14H11N3O5/c18-13-7-6-12(17(20)21)8-10(13)9-15-22-14(19)16-11-4-2-1-3-5-11/h1-9,18H,(H,16,19). The molecule has 2 aromatic carbocycles. The van der Waals surface area contributed by atoms with Gasteiger partial charge in [-0.3, -0.25) is 20.3 Å². The second kappa shape index (κ2) is 6.84. The zero-order chi connectivity index (χ0) is 15.9. The summed E-state index contributed by atoms with van der Waals surface area (Å²) in [5, 5.41) is 26.0. The molecule has 0 spiro atoms. The minimum atomic E-state index is -0.827. The molecule has 0 aliphatic heterocycles. The Morgan fingerprint density at radius 1 is 1.27 bits per heavy atom. The van der Waals surface area contributed by atoms with Crippen LogP contribution in [-0.2, 0) is 4.84 Å². The number of carbonyl (C=O) groups excluding carboxylic acids is 1. The Bertz CT molecular complexity index is 716. The molecule has 2 aromatic rings. The van der Waals surface area contributed by atoms with E-state index < -0.39 is 11.0 Å². The molecule has 0 aliphatic rings. The van der Waals surface area contributed by atoms with Gasteiger partial charge >= 0.3 is 6.09 Å². The molecular weight excluding hydrogens is 290 g/mol. The van der Waals surface area contributed by atoms with Gasteiger partial charge in [-0.2, -0.15) is 0 Å². The summed E-state index contributed by atoms with van der Waals surface area (Å²) in [5.41, 5.74) is 0.371. The highest BCUT2D eigenvalue weighted by molar-refractivity contribution is 5.87. The molecule has 2 N–H and O–H groups in total. The van der Waals surface area contributed by atoms with E-state index in [1.807, 2.05) is 0 Å². The predicted octanol–water partition coefficient (Wildman–Crippen LogP) is 2.88. The zero-order valence-corrected chi connectivity index (χ0v) is 11.2. The number of nitrogens with one attached hydrogen (secondary N) is 1. The lowest BCUT2D eigenvalue weighted by Crippen LogP contribution is -2.10. The number of non-ortho nitro benzene ring substituents is 1. The molecule has 0 heterocycles. The molecule has 0 bridgehead atoms. The van der Waals surface area contributed by atoms with Gasteiger partial charge in [-0.15, -0.1) is 0 Å². The minimum Gasteiger partial charge on any atom is -0.507 e. The number of nitro benzene ring substituents is 1. The fourth-order valence-electron chi connectivity index (χ4n) is 1.55. The third kappa shape index (κ3) is 4.04. The van der Waals surface area contributed by atoms with Gasteiger partial charge < -0.3 is 5.11 Å². The number of phenolic OH excluding ortho intramolecular Hbond substituents is 1. The maximum absolute atomic E-state index is 11.4. The summed E-state index contributed by atoms with van der Waals surface area (Å²) in [4.78, 5) is 26.0. The van der Waals surface area contributed by atoms with Crippen LogP contribution in [0.4, 0.5) is 16.2 Å². The molecule has 0 saturated heterocycles. The molecule has 1 amide bonds. The van der Waals surface area contributed by atoms with Crippen molar-refractivity contribution in [2.75, 3.05) is 5.32 Å². The summed E-state index contributed by atoms with van der Waals surface area (Å²) in [6, 6.07) is 12.0. The molecule has 22 heavy (non-hydrogen) atoms. The van der Waals surface area contributed by atoms with E-state index in [1.54, 1.807) is 30.3 Å². The van der Waals surface area contributed by atoms with Crippen molar-refractivity contribution in [1.29, 1.82) is 0 Å². The molecule has 0 atom stereocenters. The Morgan fingerprint density at radius 2 is 2.00 bits per heavy atom. The van der Waals surface area contributed by atoms with Crippen LogP contribution in [0.1, 0.15) is 5.56 Å². The second-order valence-corrected chi connectivity index (χ2v) is 4.10. The van der Waals surface area contributed by atoms with Crippen molar-refractivity contribution >= 4 is 23.7 Å². The Kier molecular flexibility index (Phi) is 4.66. The number of nitro groups is 1. The topological polar surface area (TPSA) is 114 Å². The quantitative estimate of drug-likeness (QED) is 0.390. The smallest absolute Gasteiger partial charge is 0.437 e. The Labute approximate surface area is 124 Å². The summed E-state index contributed by atoms with van der Waals surface area (Å²) in [6.07, 6.45) is 0.180. The van der Waals surface area contributed by atoms with Crippen LogP contribution in [-0.4, -0.2) is 22.3 Å². The Balaban J connectivity index is 1.99. The van der Waals surface area contributed by atoms with Crippen LogP contribution in [0.5, 0.6) is 5.75 Å². The van der Waals surface area contributed by atoms with Gasteiger partial charge in [0, 0.05) is 23.4 Å². The average Bonchev–Trinajstić information content (AvgIpc) is 2.50. The summed E-state index contributed by atoms with van der Waals surface area (Å²) in [6.45, 7) is 0. The van der Waals surface area contributed by atoms with E-state index >= 15 is 0 Å². The average molecular weight is 301 g/mol. The molecule has 8 heteroatoms. The van der Waals surface area contributed by atoms with Gasteiger partial charge in [0.25, 0.3) is 5.69 Å². The van der Waals surface area contributed by atoms with Gasteiger partial charge in [0.15, 0.2) is 0 Å². The van der Waals surface area contributed by atoms with Gasteiger partial charge in [0.1, 0.15) is 5.75 Å². The first-order valence-electron chi connectivity index (χ1n) is 6.10. The molecule has 2 rings (SSSR count). The first-order chi connectivity index (χ1) is 10.6. The summed E-state index contributed by atoms with van der Waals surface area (Å²) in [7, 11) is 0. The maximum atomic E-state index is 11.4. The number of oxime groups is 1. The van der Waals surface area contributed by atoms with E-state index in [0.29, 0.717) is 5.69 Å². The van der Waals surface area contributed by atoms with Crippen molar-refractivity contribution in [3.05, 3.63) is 64.2 Å². The van der Waals surface area contributed by atoms with Crippen LogP contribution in [0.15, 0.2) is 53.7 Å². The highest BCUT2D eigenvalue weighted by Crippen LogP contribution is 2.21. The van der Waals surface area contributed by atoms with E-state index in [-0.39, 0.29) is 17.0 Å². The molecule has 0 saturated carbocycles. The van der Waals surface area contributed by atoms with Crippen LogP contribution < -0.4 is 5.32 Å². The van der Waals surface area contributed by atoms with Crippen molar-refractivity contribution in [1.82, 2.24) is 0 Å². The monoisotopic (exact) mass is 301 g/mol. The highest BCUT2D eigenvalue weighted by Gasteiger charge is 2.09. The summed E-state index contributed by atoms with van der Waals surface area (Å²) < 4.78 is 0. The number of para-hydroxylation sites is 1. The number of rotatable bonds is 4. The number of phenols is 1. The van der Waals surface area contributed by atoms with Gasteiger partial charge in [-0.25, -0.2) is 4.79 Å². The fourth-order valence-corrected chi connectivity index (χ4v) is 1.55. The van der Waals surface area contributed by atoms with Crippen LogP contribution in [0.2, 0.25) is 0 Å². The molecular formula is C14H11N3O5. The molecule has 0 radical (unpaired) electrons. The molecule has 0 aromatic heterocycles. The first-order valence-corrected chi connectivity index (χ1v) is 6.10. The SMILES string of the molecule is O=C(Nc1ccccc1)ON=Cc1cc([N+](=O)[O-])ccc1O. The molecule has 0 unspecified atom stereocenters. The molecule has 8 nitrogen and oxygen atoms in total. The molecule has 112 valence electrons. The molecule has 0 fully saturated rings. The van der Waals surface area contributed by atoms with Crippen molar-refractivity contribution < 1.29 is 19.7 Å². The number of amides is 1. The normalized spacial score (nSPS) is 10.4. The largest absolute Gasteiger partial charge is 0.507 e. The van der Waals surface area contributed by atoms with E-state index in [1.165, 1.54) is 0 Å². The number of benzene rings is 2. The predicted molar refractivity (Wildman–Crippen MR) is 78.9 cm³/mol. The van der Waals surface area contributed by atoms with E-state index in [9.17, 15) is 20.0 Å². The first kappa shape index (κ1) is 15.0. The summed E-state index contributed by atoms with van der Waals surface area (Å²) in [5.74, 6) is -0.221. The van der Waals surface area contributed by atoms with E-state index in [0.717, 1.165) is 24.4 Å². The van der Waals surface area contributed by atoms with Crippen LogP contribution in [0, 0.1) is 10.1 Å². The van der Waals surface area contributed by atoms with Gasteiger partial charge in [-0.1, -0.05) is 23.4 Å². The zero-order valence-electron chi connectivity index (χ0n) is 11.2. The number of aromatic hydroxyl groups is 1. The number of hydrogen-bond acceptors (Lipinski definition) is 6. The van der Waals surface area contributed by atoms with E-state index in [4.69, 9.17) is 0 Å². The Hall–Kier alpha value is -3.42. The van der Waals surface area contributed by atoms with Crippen LogP contribution in [0.3, 0.4) is 0 Å². The lowest BCUT2D eigenvalue weighted by molar-refractivity contribution is -0.384. The lowest BCUT2D eigenvalue weighted by Gasteiger charge is -2.02. The van der Waals surface area contributed by atoms with Crippen LogP contribution >= 0.6 is 0 Å². The van der Waals surface area contributed by atoms with E-state index in [2.05, 4.69) is 15.3 Å². The van der Waals surface area contributed by atoms with Crippen molar-refractivity contribution in [2.45, 2.75) is 0 Å². The fraction of sp³-hybridized carbons (Fsp3) is 0. The van der Waals surface area contributed by atoms with Gasteiger partial charge in [0.2, 0.25) is 0 Å². The molecule has 0 aliphatic carbocycles.